The van der Waals surface area contributed by atoms with Gasteiger partial charge in [-0.2, -0.15) is 11.8 Å². The standard InChI is InChI=1S/C17H33N5O6S/c1-12(24)20-14(11-29-9-7-19-17(27)28-4)16(26)21-13(10-23)15(25)18-6-5-8-22(2)3/h13-14,23H,5-11H2,1-4H3,(H,18,25)(H,19,27)(H,20,24)(H,21,26)/t13-,14-/m0/s1. The Kier molecular flexibility index (Phi) is 14.7. The van der Waals surface area contributed by atoms with Crippen LogP contribution in [0, 0.1) is 0 Å². The van der Waals surface area contributed by atoms with Crippen molar-refractivity contribution in [2.24, 2.45) is 0 Å². The summed E-state index contributed by atoms with van der Waals surface area (Å²) in [5.41, 5.74) is 0. The number of carbonyl (C=O) groups excluding carboxylic acids is 4. The Morgan fingerprint density at radius 1 is 1.03 bits per heavy atom. The highest BCUT2D eigenvalue weighted by atomic mass is 32.2. The van der Waals surface area contributed by atoms with Crippen LogP contribution in [0.25, 0.3) is 0 Å². The van der Waals surface area contributed by atoms with Gasteiger partial charge in [-0.25, -0.2) is 4.79 Å². The summed E-state index contributed by atoms with van der Waals surface area (Å²) in [6.07, 6.45) is 0.180. The maximum Gasteiger partial charge on any atom is 0.406 e. The number of carbonyl (C=O) groups is 4. The van der Waals surface area contributed by atoms with Gasteiger partial charge in [0.25, 0.3) is 0 Å². The van der Waals surface area contributed by atoms with Gasteiger partial charge in [0.15, 0.2) is 0 Å². The third-order valence-electron chi connectivity index (χ3n) is 3.58. The summed E-state index contributed by atoms with van der Waals surface area (Å²) >= 11 is 1.33. The molecule has 0 unspecified atom stereocenters. The van der Waals surface area contributed by atoms with Gasteiger partial charge < -0.3 is 36.0 Å². The van der Waals surface area contributed by atoms with Crippen molar-refractivity contribution in [3.05, 3.63) is 0 Å². The van der Waals surface area contributed by atoms with Crippen molar-refractivity contribution in [3.63, 3.8) is 0 Å². The fourth-order valence-electron chi connectivity index (χ4n) is 2.12. The molecule has 0 aliphatic rings. The first-order valence-corrected chi connectivity index (χ1v) is 10.4. The second kappa shape index (κ2) is 15.8. The van der Waals surface area contributed by atoms with Crippen molar-refractivity contribution >= 4 is 35.6 Å². The largest absolute Gasteiger partial charge is 0.453 e. The average Bonchev–Trinajstić information content (AvgIpc) is 2.67. The van der Waals surface area contributed by atoms with E-state index in [9.17, 15) is 24.3 Å². The molecule has 0 saturated heterocycles. The summed E-state index contributed by atoms with van der Waals surface area (Å²) in [5, 5.41) is 19.6. The van der Waals surface area contributed by atoms with Gasteiger partial charge in [0, 0.05) is 31.5 Å². The summed E-state index contributed by atoms with van der Waals surface area (Å²) in [5.74, 6) is -0.732. The van der Waals surface area contributed by atoms with Crippen molar-refractivity contribution in [1.82, 2.24) is 26.2 Å². The van der Waals surface area contributed by atoms with E-state index in [1.165, 1.54) is 25.8 Å². The monoisotopic (exact) mass is 435 g/mol. The molecule has 0 aliphatic carbocycles. The number of aliphatic hydroxyl groups excluding tert-OH is 1. The van der Waals surface area contributed by atoms with Gasteiger partial charge in [-0.3, -0.25) is 14.4 Å². The molecular formula is C17H33N5O6S. The van der Waals surface area contributed by atoms with Crippen LogP contribution in [0.2, 0.25) is 0 Å². The Balaban J connectivity index is 4.53. The second-order valence-electron chi connectivity index (χ2n) is 6.44. The molecule has 0 aromatic heterocycles. The molecule has 2 atom stereocenters. The van der Waals surface area contributed by atoms with Crippen LogP contribution in [0.4, 0.5) is 4.79 Å². The van der Waals surface area contributed by atoms with E-state index in [4.69, 9.17) is 0 Å². The van der Waals surface area contributed by atoms with Crippen LogP contribution in [-0.4, -0.2) is 105 Å². The molecule has 0 spiro atoms. The maximum absolute atomic E-state index is 12.5. The zero-order chi connectivity index (χ0) is 22.2. The molecule has 168 valence electrons. The molecule has 4 amide bonds. The molecule has 0 radical (unpaired) electrons. The smallest absolute Gasteiger partial charge is 0.406 e. The van der Waals surface area contributed by atoms with Crippen LogP contribution in [0.1, 0.15) is 13.3 Å². The number of thioether (sulfide) groups is 1. The fourth-order valence-corrected chi connectivity index (χ4v) is 3.01. The zero-order valence-electron chi connectivity index (χ0n) is 17.4. The van der Waals surface area contributed by atoms with E-state index in [2.05, 4.69) is 26.0 Å². The minimum atomic E-state index is -1.11. The number of nitrogens with one attached hydrogen (secondary N) is 4. The summed E-state index contributed by atoms with van der Waals surface area (Å²) in [4.78, 5) is 49.0. The number of rotatable bonds is 14. The van der Waals surface area contributed by atoms with E-state index in [0.717, 1.165) is 13.0 Å². The molecule has 0 rings (SSSR count). The first-order valence-electron chi connectivity index (χ1n) is 9.21. The SMILES string of the molecule is COC(=O)NCCSC[C@H](NC(C)=O)C(=O)N[C@@H](CO)C(=O)NCCCN(C)C. The quantitative estimate of drug-likeness (QED) is 0.199. The van der Waals surface area contributed by atoms with Crippen LogP contribution in [0.3, 0.4) is 0 Å². The summed E-state index contributed by atoms with van der Waals surface area (Å²) < 4.78 is 4.45. The molecule has 0 aromatic rings. The first-order chi connectivity index (χ1) is 13.7. The molecule has 0 aromatic carbocycles. The summed E-state index contributed by atoms with van der Waals surface area (Å²) in [6, 6.07) is -1.99. The maximum atomic E-state index is 12.5. The van der Waals surface area contributed by atoms with Crippen LogP contribution >= 0.6 is 11.8 Å². The zero-order valence-corrected chi connectivity index (χ0v) is 18.3. The Morgan fingerprint density at radius 2 is 1.72 bits per heavy atom. The fraction of sp³-hybridized carbons (Fsp3) is 0.765. The molecule has 0 bridgehead atoms. The van der Waals surface area contributed by atoms with Crippen LogP contribution in [-0.2, 0) is 19.1 Å². The first kappa shape index (κ1) is 27.0. The van der Waals surface area contributed by atoms with Gasteiger partial charge in [0.2, 0.25) is 17.7 Å². The van der Waals surface area contributed by atoms with E-state index in [1.54, 1.807) is 0 Å². The number of amides is 4. The van der Waals surface area contributed by atoms with E-state index in [-0.39, 0.29) is 5.75 Å². The van der Waals surface area contributed by atoms with E-state index in [1.807, 2.05) is 19.0 Å². The third kappa shape index (κ3) is 13.7. The highest BCUT2D eigenvalue weighted by molar-refractivity contribution is 7.99. The minimum absolute atomic E-state index is 0.233. The van der Waals surface area contributed by atoms with Crippen molar-refractivity contribution in [2.45, 2.75) is 25.4 Å². The van der Waals surface area contributed by atoms with E-state index >= 15 is 0 Å². The lowest BCUT2D eigenvalue weighted by Gasteiger charge is -2.21. The average molecular weight is 436 g/mol. The predicted octanol–water partition coefficient (Wildman–Crippen LogP) is -1.87. The van der Waals surface area contributed by atoms with Crippen molar-refractivity contribution in [3.8, 4) is 0 Å². The van der Waals surface area contributed by atoms with Gasteiger partial charge in [0.05, 0.1) is 13.7 Å². The number of hydrogen-bond donors (Lipinski definition) is 5. The molecule has 0 heterocycles. The van der Waals surface area contributed by atoms with Gasteiger partial charge in [-0.05, 0) is 27.1 Å². The third-order valence-corrected chi connectivity index (χ3v) is 4.64. The predicted molar refractivity (Wildman–Crippen MR) is 111 cm³/mol. The van der Waals surface area contributed by atoms with Crippen LogP contribution < -0.4 is 21.3 Å². The summed E-state index contributed by atoms with van der Waals surface area (Å²) in [7, 11) is 5.10. The summed E-state index contributed by atoms with van der Waals surface area (Å²) in [6.45, 7) is 2.27. The molecule has 0 saturated carbocycles. The second-order valence-corrected chi connectivity index (χ2v) is 7.59. The number of aliphatic hydroxyl groups is 1. The molecule has 12 heteroatoms. The number of nitrogens with zero attached hydrogens (tertiary/aromatic N) is 1. The lowest BCUT2D eigenvalue weighted by molar-refractivity contribution is -0.132. The van der Waals surface area contributed by atoms with Crippen molar-refractivity contribution in [2.75, 3.05) is 59.0 Å². The highest BCUT2D eigenvalue weighted by Crippen LogP contribution is 2.03. The van der Waals surface area contributed by atoms with Crippen molar-refractivity contribution in [1.29, 1.82) is 0 Å². The number of hydrogen-bond acceptors (Lipinski definition) is 8. The Labute approximate surface area is 175 Å². The molecule has 5 N–H and O–H groups in total. The number of alkyl carbamates (subject to hydrolysis) is 1. The Bertz CT molecular complexity index is 534. The number of ether oxygens (including phenoxy) is 1. The molecule has 29 heavy (non-hydrogen) atoms. The van der Waals surface area contributed by atoms with Gasteiger partial charge >= 0.3 is 6.09 Å². The lowest BCUT2D eigenvalue weighted by Crippen LogP contribution is -2.55. The topological polar surface area (TPSA) is 149 Å². The Hall–Kier alpha value is -2.05. The molecule has 0 aliphatic heterocycles. The molecule has 0 fully saturated rings. The van der Waals surface area contributed by atoms with Gasteiger partial charge in [0.1, 0.15) is 12.1 Å². The van der Waals surface area contributed by atoms with Crippen molar-refractivity contribution < 1.29 is 29.0 Å². The minimum Gasteiger partial charge on any atom is -0.453 e. The number of methoxy groups -OCH3 is 1. The Morgan fingerprint density at radius 3 is 2.28 bits per heavy atom. The highest BCUT2D eigenvalue weighted by Gasteiger charge is 2.25. The molecule has 11 nitrogen and oxygen atoms in total. The van der Waals surface area contributed by atoms with Gasteiger partial charge in [-0.15, -0.1) is 0 Å². The van der Waals surface area contributed by atoms with E-state index < -0.39 is 42.5 Å². The normalized spacial score (nSPS) is 12.6. The molecular weight excluding hydrogens is 402 g/mol. The van der Waals surface area contributed by atoms with E-state index in [0.29, 0.717) is 18.8 Å². The van der Waals surface area contributed by atoms with Crippen LogP contribution in [0.5, 0.6) is 0 Å². The van der Waals surface area contributed by atoms with Gasteiger partial charge in [-0.1, -0.05) is 0 Å². The lowest BCUT2D eigenvalue weighted by atomic mass is 10.2. The van der Waals surface area contributed by atoms with Crippen LogP contribution in [0.15, 0.2) is 0 Å².